The predicted molar refractivity (Wildman–Crippen MR) is 74.0 cm³/mol. The monoisotopic (exact) mass is 317 g/mol. The van der Waals surface area contributed by atoms with Crippen LogP contribution >= 0.6 is 0 Å². The van der Waals surface area contributed by atoms with Crippen LogP contribution < -0.4 is 0 Å². The number of carbonyl (C=O) groups is 1. The Labute approximate surface area is 126 Å². The lowest BCUT2D eigenvalue weighted by atomic mass is 10.2. The Morgan fingerprint density at radius 1 is 1.32 bits per heavy atom. The average Bonchev–Trinajstić information content (AvgIpc) is 2.74. The first-order valence-electron chi connectivity index (χ1n) is 6.80. The molecule has 0 N–H and O–H groups in total. The number of carbonyl (C=O) groups excluding carboxylic acids is 1. The SMILES string of the molecule is C=Cc1nc(C(F)(F)F)n2c1CN(C(=O)OC(C)(C)C)CC2. The van der Waals surface area contributed by atoms with Gasteiger partial charge in [-0.15, -0.1) is 0 Å². The van der Waals surface area contributed by atoms with E-state index in [0.717, 1.165) is 4.57 Å². The number of imidazole rings is 1. The molecule has 0 bridgehead atoms. The zero-order valence-electron chi connectivity index (χ0n) is 12.7. The van der Waals surface area contributed by atoms with Crippen LogP contribution in [0.3, 0.4) is 0 Å². The lowest BCUT2D eigenvalue weighted by Gasteiger charge is -2.31. The van der Waals surface area contributed by atoms with Gasteiger partial charge in [0.1, 0.15) is 5.60 Å². The van der Waals surface area contributed by atoms with Crippen LogP contribution in [0.25, 0.3) is 6.08 Å². The molecule has 0 aromatic carbocycles. The molecule has 0 saturated carbocycles. The minimum absolute atomic E-state index is 0.0132. The van der Waals surface area contributed by atoms with Gasteiger partial charge in [0.25, 0.3) is 0 Å². The molecule has 2 heterocycles. The van der Waals surface area contributed by atoms with Gasteiger partial charge in [-0.3, -0.25) is 0 Å². The van der Waals surface area contributed by atoms with Crippen molar-refractivity contribution >= 4 is 12.2 Å². The van der Waals surface area contributed by atoms with Crippen LogP contribution in [-0.2, 0) is 24.0 Å². The minimum Gasteiger partial charge on any atom is -0.444 e. The number of hydrogen-bond acceptors (Lipinski definition) is 3. The summed E-state index contributed by atoms with van der Waals surface area (Å²) < 4.78 is 45.3. The summed E-state index contributed by atoms with van der Waals surface area (Å²) in [6.07, 6.45) is -3.83. The number of rotatable bonds is 1. The van der Waals surface area contributed by atoms with Crippen LogP contribution in [0.2, 0.25) is 0 Å². The van der Waals surface area contributed by atoms with Gasteiger partial charge in [-0.05, 0) is 26.8 Å². The number of ether oxygens (including phenoxy) is 1. The third-order valence-corrected chi connectivity index (χ3v) is 3.14. The predicted octanol–water partition coefficient (Wildman–Crippen LogP) is 3.30. The summed E-state index contributed by atoms with van der Waals surface area (Å²) in [6, 6.07) is 0. The van der Waals surface area contributed by atoms with Crippen molar-refractivity contribution in [3.8, 4) is 0 Å². The molecule has 22 heavy (non-hydrogen) atoms. The van der Waals surface area contributed by atoms with E-state index in [-0.39, 0.29) is 25.3 Å². The second-order valence-corrected chi connectivity index (χ2v) is 6.02. The van der Waals surface area contributed by atoms with E-state index in [1.54, 1.807) is 20.8 Å². The van der Waals surface area contributed by atoms with Crippen molar-refractivity contribution in [2.24, 2.45) is 0 Å². The van der Waals surface area contributed by atoms with Crippen molar-refractivity contribution in [1.29, 1.82) is 0 Å². The second kappa shape index (κ2) is 5.33. The van der Waals surface area contributed by atoms with E-state index in [0.29, 0.717) is 5.69 Å². The molecule has 122 valence electrons. The summed E-state index contributed by atoms with van der Waals surface area (Å²) in [5.74, 6) is -0.957. The van der Waals surface area contributed by atoms with E-state index >= 15 is 0 Å². The Kier molecular flexibility index (Phi) is 3.97. The minimum atomic E-state index is -4.54. The van der Waals surface area contributed by atoms with Crippen LogP contribution in [-0.4, -0.2) is 32.7 Å². The molecule has 0 saturated heterocycles. The molecule has 0 unspecified atom stereocenters. The first kappa shape index (κ1) is 16.4. The molecule has 0 atom stereocenters. The quantitative estimate of drug-likeness (QED) is 0.798. The average molecular weight is 317 g/mol. The molecule has 1 aliphatic rings. The largest absolute Gasteiger partial charge is 0.449 e. The van der Waals surface area contributed by atoms with Gasteiger partial charge in [-0.1, -0.05) is 6.58 Å². The fraction of sp³-hybridized carbons (Fsp3) is 0.571. The highest BCUT2D eigenvalue weighted by molar-refractivity contribution is 5.68. The first-order valence-corrected chi connectivity index (χ1v) is 6.80. The molecule has 1 aliphatic heterocycles. The molecule has 8 heteroatoms. The van der Waals surface area contributed by atoms with Gasteiger partial charge >= 0.3 is 12.3 Å². The molecular weight excluding hydrogens is 299 g/mol. The van der Waals surface area contributed by atoms with Crippen molar-refractivity contribution < 1.29 is 22.7 Å². The van der Waals surface area contributed by atoms with Crippen LogP contribution in [0, 0.1) is 0 Å². The number of alkyl halides is 3. The maximum atomic E-state index is 13.0. The Hall–Kier alpha value is -1.99. The second-order valence-electron chi connectivity index (χ2n) is 6.02. The van der Waals surface area contributed by atoms with E-state index in [9.17, 15) is 18.0 Å². The lowest BCUT2D eigenvalue weighted by Crippen LogP contribution is -2.42. The molecule has 0 radical (unpaired) electrons. The molecule has 5 nitrogen and oxygen atoms in total. The van der Waals surface area contributed by atoms with Crippen molar-refractivity contribution in [1.82, 2.24) is 14.5 Å². The molecule has 1 amide bonds. The van der Waals surface area contributed by atoms with Gasteiger partial charge in [0.15, 0.2) is 0 Å². The zero-order chi connectivity index (χ0) is 16.7. The number of nitrogens with zero attached hydrogens (tertiary/aromatic N) is 3. The van der Waals surface area contributed by atoms with Crippen LogP contribution in [0.15, 0.2) is 6.58 Å². The number of hydrogen-bond donors (Lipinski definition) is 0. The Morgan fingerprint density at radius 3 is 2.45 bits per heavy atom. The molecule has 1 aromatic rings. The number of halogens is 3. The highest BCUT2D eigenvalue weighted by Gasteiger charge is 2.40. The van der Waals surface area contributed by atoms with Crippen molar-refractivity contribution in [3.63, 3.8) is 0 Å². The zero-order valence-corrected chi connectivity index (χ0v) is 12.7. The van der Waals surface area contributed by atoms with Crippen molar-refractivity contribution in [3.05, 3.63) is 23.8 Å². The maximum Gasteiger partial charge on any atom is 0.449 e. The summed E-state index contributed by atoms with van der Waals surface area (Å²) in [5, 5.41) is 0. The molecule has 1 aromatic heterocycles. The van der Waals surface area contributed by atoms with Gasteiger partial charge in [0, 0.05) is 13.1 Å². The van der Waals surface area contributed by atoms with Crippen molar-refractivity contribution in [2.75, 3.05) is 6.54 Å². The number of aromatic nitrogens is 2. The lowest BCUT2D eigenvalue weighted by molar-refractivity contribution is -0.147. The number of fused-ring (bicyclic) bond motifs is 1. The van der Waals surface area contributed by atoms with E-state index in [1.165, 1.54) is 11.0 Å². The highest BCUT2D eigenvalue weighted by Crippen LogP contribution is 2.32. The summed E-state index contributed by atoms with van der Waals surface area (Å²) >= 11 is 0. The molecule has 0 fully saturated rings. The van der Waals surface area contributed by atoms with Gasteiger partial charge in [-0.25, -0.2) is 9.78 Å². The van der Waals surface area contributed by atoms with E-state index in [4.69, 9.17) is 4.74 Å². The Morgan fingerprint density at radius 2 is 1.95 bits per heavy atom. The van der Waals surface area contributed by atoms with E-state index in [2.05, 4.69) is 11.6 Å². The normalized spacial score (nSPS) is 15.5. The standard InChI is InChI=1S/C14H18F3N3O2/c1-5-9-10-8-19(12(21)22-13(2,3)4)6-7-20(10)11(18-9)14(15,16)17/h5H,1,6-8H2,2-4H3. The van der Waals surface area contributed by atoms with Gasteiger partial charge in [-0.2, -0.15) is 13.2 Å². The summed E-state index contributed by atoms with van der Waals surface area (Å²) in [7, 11) is 0. The van der Waals surface area contributed by atoms with Crippen molar-refractivity contribution in [2.45, 2.75) is 45.6 Å². The van der Waals surface area contributed by atoms with E-state index in [1.807, 2.05) is 0 Å². The third-order valence-electron chi connectivity index (χ3n) is 3.14. The number of amides is 1. The fourth-order valence-corrected chi connectivity index (χ4v) is 2.26. The third kappa shape index (κ3) is 3.26. The summed E-state index contributed by atoms with van der Waals surface area (Å²) in [6.45, 7) is 8.85. The smallest absolute Gasteiger partial charge is 0.444 e. The van der Waals surface area contributed by atoms with Gasteiger partial charge in [0.05, 0.1) is 17.9 Å². The fourth-order valence-electron chi connectivity index (χ4n) is 2.26. The van der Waals surface area contributed by atoms with Crippen LogP contribution in [0.1, 0.15) is 38.0 Å². The van der Waals surface area contributed by atoms with Crippen LogP contribution in [0.4, 0.5) is 18.0 Å². The molecule has 0 aliphatic carbocycles. The maximum absolute atomic E-state index is 13.0. The Bertz CT molecular complexity index is 600. The van der Waals surface area contributed by atoms with Gasteiger partial charge < -0.3 is 14.2 Å². The first-order chi connectivity index (χ1) is 10.0. The van der Waals surface area contributed by atoms with Crippen LogP contribution in [0.5, 0.6) is 0 Å². The molecule has 0 spiro atoms. The molecular formula is C14H18F3N3O2. The van der Waals surface area contributed by atoms with E-state index < -0.39 is 23.7 Å². The topological polar surface area (TPSA) is 47.4 Å². The Balaban J connectivity index is 2.29. The summed E-state index contributed by atoms with van der Waals surface area (Å²) in [5.41, 5.74) is -0.201. The van der Waals surface area contributed by atoms with Gasteiger partial charge in [0.2, 0.25) is 5.82 Å². The highest BCUT2D eigenvalue weighted by atomic mass is 19.4. The molecule has 2 rings (SSSR count). The summed E-state index contributed by atoms with van der Waals surface area (Å²) in [4.78, 5) is 17.0.